The van der Waals surface area contributed by atoms with Crippen molar-refractivity contribution < 1.29 is 27.8 Å². The van der Waals surface area contributed by atoms with E-state index in [0.29, 0.717) is 34.9 Å². The zero-order valence-electron chi connectivity index (χ0n) is 19.6. The lowest BCUT2D eigenvalue weighted by Gasteiger charge is -2.13. The van der Waals surface area contributed by atoms with Crippen molar-refractivity contribution in [3.8, 4) is 11.5 Å². The Balaban J connectivity index is 1.38. The van der Waals surface area contributed by atoms with E-state index in [1.807, 2.05) is 6.07 Å². The average molecular weight is 494 g/mol. The molecule has 0 bridgehead atoms. The zero-order chi connectivity index (χ0) is 25.5. The van der Waals surface area contributed by atoms with Crippen molar-refractivity contribution in [2.24, 2.45) is 11.0 Å². The van der Waals surface area contributed by atoms with Gasteiger partial charge in [-0.3, -0.25) is 9.59 Å². The fourth-order valence-electron chi connectivity index (χ4n) is 3.28. The molecule has 0 unspecified atom stereocenters. The number of rotatable bonds is 10. The summed E-state index contributed by atoms with van der Waals surface area (Å²) in [6, 6.07) is 19.7. The Labute approximate surface area is 207 Å². The number of halogens is 2. The zero-order valence-corrected chi connectivity index (χ0v) is 19.6. The Morgan fingerprint density at radius 1 is 1.03 bits per heavy atom. The molecule has 0 heterocycles. The summed E-state index contributed by atoms with van der Waals surface area (Å²) >= 11 is 0. The van der Waals surface area contributed by atoms with Crippen molar-refractivity contribution in [2.45, 2.75) is 19.5 Å². The summed E-state index contributed by atoms with van der Waals surface area (Å²) in [7, 11) is 1.50. The minimum Gasteiger partial charge on any atom is -0.489 e. The van der Waals surface area contributed by atoms with Gasteiger partial charge in [0.15, 0.2) is 11.5 Å². The van der Waals surface area contributed by atoms with Gasteiger partial charge in [0, 0.05) is 23.9 Å². The molecule has 9 heteroatoms. The van der Waals surface area contributed by atoms with Crippen LogP contribution in [0.3, 0.4) is 0 Å². The minimum atomic E-state index is -2.96. The van der Waals surface area contributed by atoms with Crippen LogP contribution in [0.4, 0.5) is 14.5 Å². The molecule has 4 rings (SSSR count). The van der Waals surface area contributed by atoms with E-state index in [-0.39, 0.29) is 23.3 Å². The highest BCUT2D eigenvalue weighted by Gasteiger charge is 2.23. The van der Waals surface area contributed by atoms with Crippen LogP contribution in [0.25, 0.3) is 0 Å². The van der Waals surface area contributed by atoms with E-state index in [9.17, 15) is 18.4 Å². The van der Waals surface area contributed by atoms with Gasteiger partial charge in [-0.05, 0) is 78.9 Å². The number of amides is 2. The number of carbonyl (C=O) groups is 2. The summed E-state index contributed by atoms with van der Waals surface area (Å²) in [5, 5.41) is 8.10. The predicted molar refractivity (Wildman–Crippen MR) is 132 cm³/mol. The first-order valence-electron chi connectivity index (χ1n) is 11.4. The minimum absolute atomic E-state index is 0.0494. The quantitative estimate of drug-likeness (QED) is 0.302. The monoisotopic (exact) mass is 493 g/mol. The SMILES string of the molecule is CN(N=Cc1ccc(OC(F)F)c(OCC2CC2)c1)C(=O)c1ccc(NC(=O)c2ccccc2)cc1. The first-order valence-corrected chi connectivity index (χ1v) is 11.4. The molecule has 186 valence electrons. The number of nitrogens with zero attached hydrogens (tertiary/aromatic N) is 2. The molecule has 0 aliphatic heterocycles. The second-order valence-corrected chi connectivity index (χ2v) is 8.31. The Morgan fingerprint density at radius 3 is 2.42 bits per heavy atom. The number of benzene rings is 3. The number of alkyl halides is 2. The van der Waals surface area contributed by atoms with Gasteiger partial charge in [0.05, 0.1) is 12.8 Å². The van der Waals surface area contributed by atoms with Crippen molar-refractivity contribution in [3.05, 3.63) is 89.5 Å². The molecule has 1 fully saturated rings. The Bertz CT molecular complexity index is 1230. The standard InChI is InChI=1S/C27H25F2N3O4/c1-32(26(34)21-10-12-22(13-11-21)31-25(33)20-5-3-2-4-6-20)30-16-19-9-14-23(36-27(28)29)24(15-19)35-17-18-7-8-18/h2-6,9-16,18,27H,7-8,17H2,1H3,(H,31,33). The van der Waals surface area contributed by atoms with Gasteiger partial charge in [0.2, 0.25) is 0 Å². The first-order chi connectivity index (χ1) is 17.4. The van der Waals surface area contributed by atoms with Gasteiger partial charge in [-0.1, -0.05) is 18.2 Å². The average Bonchev–Trinajstić information content (AvgIpc) is 3.72. The molecule has 0 atom stereocenters. The van der Waals surface area contributed by atoms with Crippen LogP contribution in [0.1, 0.15) is 39.1 Å². The third-order valence-corrected chi connectivity index (χ3v) is 5.45. The number of anilines is 1. The van der Waals surface area contributed by atoms with Gasteiger partial charge >= 0.3 is 6.61 Å². The molecular weight excluding hydrogens is 468 g/mol. The number of hydrogen-bond acceptors (Lipinski definition) is 5. The Kier molecular flexibility index (Phi) is 7.89. The van der Waals surface area contributed by atoms with Crippen molar-refractivity contribution in [2.75, 3.05) is 19.0 Å². The van der Waals surface area contributed by atoms with E-state index in [4.69, 9.17) is 4.74 Å². The smallest absolute Gasteiger partial charge is 0.387 e. The molecule has 3 aromatic carbocycles. The lowest BCUT2D eigenvalue weighted by atomic mass is 10.1. The molecule has 7 nitrogen and oxygen atoms in total. The molecule has 0 radical (unpaired) electrons. The van der Waals surface area contributed by atoms with Crippen LogP contribution in [-0.2, 0) is 0 Å². The lowest BCUT2D eigenvalue weighted by molar-refractivity contribution is -0.0515. The molecule has 1 aliphatic carbocycles. The Hall–Kier alpha value is -4.27. The van der Waals surface area contributed by atoms with Crippen molar-refractivity contribution >= 4 is 23.7 Å². The maximum absolute atomic E-state index is 12.7. The van der Waals surface area contributed by atoms with E-state index < -0.39 is 6.61 Å². The molecule has 36 heavy (non-hydrogen) atoms. The maximum Gasteiger partial charge on any atom is 0.387 e. The number of hydrazone groups is 1. The normalized spacial score (nSPS) is 13.0. The van der Waals surface area contributed by atoms with Crippen LogP contribution in [0, 0.1) is 5.92 Å². The largest absolute Gasteiger partial charge is 0.489 e. The molecule has 0 aromatic heterocycles. The predicted octanol–water partition coefficient (Wildman–Crippen LogP) is 5.44. The van der Waals surface area contributed by atoms with Crippen LogP contribution < -0.4 is 14.8 Å². The van der Waals surface area contributed by atoms with Crippen LogP contribution in [0.15, 0.2) is 77.9 Å². The molecule has 0 spiro atoms. The second-order valence-electron chi connectivity index (χ2n) is 8.31. The fourth-order valence-corrected chi connectivity index (χ4v) is 3.28. The van der Waals surface area contributed by atoms with Crippen LogP contribution >= 0.6 is 0 Å². The molecular formula is C27H25F2N3O4. The van der Waals surface area contributed by atoms with E-state index >= 15 is 0 Å². The van der Waals surface area contributed by atoms with E-state index in [2.05, 4.69) is 15.2 Å². The highest BCUT2D eigenvalue weighted by Crippen LogP contribution is 2.34. The molecule has 0 saturated heterocycles. The Morgan fingerprint density at radius 2 is 1.75 bits per heavy atom. The van der Waals surface area contributed by atoms with E-state index in [1.165, 1.54) is 19.3 Å². The summed E-state index contributed by atoms with van der Waals surface area (Å²) in [6.07, 6.45) is 3.54. The third-order valence-electron chi connectivity index (χ3n) is 5.45. The van der Waals surface area contributed by atoms with Crippen LogP contribution in [0.5, 0.6) is 11.5 Å². The summed E-state index contributed by atoms with van der Waals surface area (Å²) in [5.74, 6) is -0.0274. The van der Waals surface area contributed by atoms with E-state index in [1.54, 1.807) is 60.7 Å². The van der Waals surface area contributed by atoms with Crippen molar-refractivity contribution in [1.29, 1.82) is 0 Å². The van der Waals surface area contributed by atoms with Gasteiger partial charge in [-0.15, -0.1) is 0 Å². The molecule has 1 saturated carbocycles. The topological polar surface area (TPSA) is 80.2 Å². The molecule has 1 aliphatic rings. The van der Waals surface area contributed by atoms with Gasteiger partial charge in [0.25, 0.3) is 11.8 Å². The number of nitrogens with one attached hydrogen (secondary N) is 1. The first kappa shape index (κ1) is 24.8. The highest BCUT2D eigenvalue weighted by atomic mass is 19.3. The summed E-state index contributed by atoms with van der Waals surface area (Å²) < 4.78 is 35.6. The third kappa shape index (κ3) is 6.88. The van der Waals surface area contributed by atoms with Gasteiger partial charge in [-0.25, -0.2) is 5.01 Å². The number of carbonyl (C=O) groups excluding carboxylic acids is 2. The number of hydrogen-bond donors (Lipinski definition) is 1. The van der Waals surface area contributed by atoms with Gasteiger partial charge in [-0.2, -0.15) is 13.9 Å². The van der Waals surface area contributed by atoms with Gasteiger partial charge < -0.3 is 14.8 Å². The lowest BCUT2D eigenvalue weighted by Crippen LogP contribution is -2.21. The van der Waals surface area contributed by atoms with Crippen molar-refractivity contribution in [3.63, 3.8) is 0 Å². The fraction of sp³-hybridized carbons (Fsp3) is 0.222. The van der Waals surface area contributed by atoms with Crippen molar-refractivity contribution in [1.82, 2.24) is 5.01 Å². The molecule has 2 amide bonds. The number of ether oxygens (including phenoxy) is 2. The molecule has 3 aromatic rings. The highest BCUT2D eigenvalue weighted by molar-refractivity contribution is 6.04. The van der Waals surface area contributed by atoms with Crippen LogP contribution in [-0.4, -0.2) is 43.3 Å². The molecule has 1 N–H and O–H groups in total. The van der Waals surface area contributed by atoms with Gasteiger partial charge in [0.1, 0.15) is 0 Å². The summed E-state index contributed by atoms with van der Waals surface area (Å²) in [6.45, 7) is -2.53. The maximum atomic E-state index is 12.7. The second kappa shape index (κ2) is 11.4. The summed E-state index contributed by atoms with van der Waals surface area (Å²) in [5.41, 5.74) is 2.01. The van der Waals surface area contributed by atoms with E-state index in [0.717, 1.165) is 17.9 Å². The van der Waals surface area contributed by atoms with Crippen LogP contribution in [0.2, 0.25) is 0 Å². The summed E-state index contributed by atoms with van der Waals surface area (Å²) in [4.78, 5) is 25.0.